The number of benzene rings is 1. The van der Waals surface area contributed by atoms with E-state index in [0.717, 1.165) is 23.8 Å². The van der Waals surface area contributed by atoms with Gasteiger partial charge in [0.1, 0.15) is 0 Å². The first-order chi connectivity index (χ1) is 11.9. The molecule has 3 rings (SSSR count). The van der Waals surface area contributed by atoms with Gasteiger partial charge in [0, 0.05) is 29.5 Å². The van der Waals surface area contributed by atoms with E-state index in [9.17, 15) is 9.90 Å². The van der Waals surface area contributed by atoms with E-state index < -0.39 is 0 Å². The number of aliphatic hydroxyl groups excluding tert-OH is 1. The molecule has 1 aliphatic heterocycles. The van der Waals surface area contributed by atoms with Crippen molar-refractivity contribution in [3.63, 3.8) is 0 Å². The lowest BCUT2D eigenvalue weighted by Crippen LogP contribution is -2.50. The highest BCUT2D eigenvalue weighted by molar-refractivity contribution is 6.00. The van der Waals surface area contributed by atoms with E-state index >= 15 is 0 Å². The number of amides is 1. The standard InChI is InChI=1S/C20H27NO4/c1-13(2)20(12-22)9-6-10-21(11-20)19(23)17-14(3)15-7-5-8-16(24-4)18(15)25-17/h5,7-8,13,22H,6,9-12H2,1-4H3. The number of ether oxygens (including phenoxy) is 1. The van der Waals surface area contributed by atoms with E-state index in [1.807, 2.05) is 30.0 Å². The van der Waals surface area contributed by atoms with Crippen molar-refractivity contribution < 1.29 is 19.1 Å². The summed E-state index contributed by atoms with van der Waals surface area (Å²) in [6.45, 7) is 7.49. The number of furan rings is 1. The van der Waals surface area contributed by atoms with Crippen molar-refractivity contribution in [2.45, 2.75) is 33.6 Å². The molecule has 0 bridgehead atoms. The van der Waals surface area contributed by atoms with Crippen LogP contribution in [0.25, 0.3) is 11.0 Å². The summed E-state index contributed by atoms with van der Waals surface area (Å²) in [4.78, 5) is 15.0. The summed E-state index contributed by atoms with van der Waals surface area (Å²) in [5.74, 6) is 1.21. The molecule has 1 atom stereocenters. The van der Waals surface area contributed by atoms with Gasteiger partial charge >= 0.3 is 0 Å². The Bertz CT molecular complexity index is 779. The summed E-state index contributed by atoms with van der Waals surface area (Å²) in [6, 6.07) is 5.67. The van der Waals surface area contributed by atoms with Gasteiger partial charge in [0.15, 0.2) is 17.1 Å². The average Bonchev–Trinajstić information content (AvgIpc) is 2.97. The number of nitrogens with zero attached hydrogens (tertiary/aromatic N) is 1. The molecule has 1 unspecified atom stereocenters. The third-order valence-electron chi connectivity index (χ3n) is 5.78. The van der Waals surface area contributed by atoms with Crippen molar-refractivity contribution >= 4 is 16.9 Å². The molecule has 25 heavy (non-hydrogen) atoms. The summed E-state index contributed by atoms with van der Waals surface area (Å²) in [5.41, 5.74) is 1.22. The van der Waals surface area contributed by atoms with Gasteiger partial charge in [-0.2, -0.15) is 0 Å². The van der Waals surface area contributed by atoms with Gasteiger partial charge in [-0.15, -0.1) is 0 Å². The average molecular weight is 345 g/mol. The number of aryl methyl sites for hydroxylation is 1. The van der Waals surface area contributed by atoms with Crippen LogP contribution >= 0.6 is 0 Å². The van der Waals surface area contributed by atoms with E-state index in [1.165, 1.54) is 0 Å². The van der Waals surface area contributed by atoms with Crippen molar-refractivity contribution in [2.24, 2.45) is 11.3 Å². The molecule has 0 aliphatic carbocycles. The molecular formula is C20H27NO4. The number of fused-ring (bicyclic) bond motifs is 1. The van der Waals surface area contributed by atoms with Gasteiger partial charge in [0.25, 0.3) is 5.91 Å². The lowest BCUT2D eigenvalue weighted by molar-refractivity contribution is -0.000473. The number of aliphatic hydroxyl groups is 1. The van der Waals surface area contributed by atoms with Crippen LogP contribution in [0, 0.1) is 18.3 Å². The molecule has 1 fully saturated rings. The monoisotopic (exact) mass is 345 g/mol. The molecule has 2 aromatic rings. The predicted molar refractivity (Wildman–Crippen MR) is 97.0 cm³/mol. The van der Waals surface area contributed by atoms with Gasteiger partial charge in [-0.3, -0.25) is 4.79 Å². The van der Waals surface area contributed by atoms with Crippen molar-refractivity contribution in [1.82, 2.24) is 4.90 Å². The van der Waals surface area contributed by atoms with Crippen molar-refractivity contribution in [2.75, 3.05) is 26.8 Å². The zero-order valence-electron chi connectivity index (χ0n) is 15.5. The lowest BCUT2D eigenvalue weighted by Gasteiger charge is -2.44. The zero-order chi connectivity index (χ0) is 18.2. The molecule has 1 aliphatic rings. The fraction of sp³-hybridized carbons (Fsp3) is 0.550. The molecule has 0 saturated carbocycles. The molecule has 1 N–H and O–H groups in total. The second-order valence-corrected chi connectivity index (χ2v) is 7.40. The number of hydrogen-bond donors (Lipinski definition) is 1. The molecule has 1 aromatic carbocycles. The van der Waals surface area contributed by atoms with Gasteiger partial charge in [0.05, 0.1) is 13.7 Å². The van der Waals surface area contributed by atoms with Crippen LogP contribution in [0.5, 0.6) is 5.75 Å². The normalized spacial score (nSPS) is 21.1. The molecule has 5 heteroatoms. The number of piperidine rings is 1. The fourth-order valence-electron chi connectivity index (χ4n) is 3.84. The fourth-order valence-corrected chi connectivity index (χ4v) is 3.84. The Morgan fingerprint density at radius 1 is 1.44 bits per heavy atom. The minimum absolute atomic E-state index is 0.0986. The molecule has 5 nitrogen and oxygen atoms in total. The van der Waals surface area contributed by atoms with Gasteiger partial charge < -0.3 is 19.2 Å². The third kappa shape index (κ3) is 2.91. The second-order valence-electron chi connectivity index (χ2n) is 7.40. The molecule has 1 aromatic heterocycles. The smallest absolute Gasteiger partial charge is 0.289 e. The van der Waals surface area contributed by atoms with Crippen LogP contribution < -0.4 is 4.74 Å². The number of carbonyl (C=O) groups is 1. The van der Waals surface area contributed by atoms with Crippen molar-refractivity contribution in [3.05, 3.63) is 29.5 Å². The summed E-state index contributed by atoms with van der Waals surface area (Å²) >= 11 is 0. The number of likely N-dealkylation sites (tertiary alicyclic amines) is 1. The maximum atomic E-state index is 13.1. The third-order valence-corrected chi connectivity index (χ3v) is 5.78. The number of methoxy groups -OCH3 is 1. The van der Waals surface area contributed by atoms with Crippen LogP contribution in [0.3, 0.4) is 0 Å². The topological polar surface area (TPSA) is 62.9 Å². The molecule has 0 radical (unpaired) electrons. The minimum Gasteiger partial charge on any atom is -0.493 e. The summed E-state index contributed by atoms with van der Waals surface area (Å²) in [6.07, 6.45) is 1.84. The van der Waals surface area contributed by atoms with Crippen LogP contribution in [0.1, 0.15) is 42.8 Å². The number of carbonyl (C=O) groups excluding carboxylic acids is 1. The van der Waals surface area contributed by atoms with Gasteiger partial charge in [-0.25, -0.2) is 0 Å². The van der Waals surface area contributed by atoms with Gasteiger partial charge in [0.2, 0.25) is 0 Å². The number of rotatable bonds is 4. The van der Waals surface area contributed by atoms with E-state index in [-0.39, 0.29) is 17.9 Å². The quantitative estimate of drug-likeness (QED) is 0.919. The first-order valence-corrected chi connectivity index (χ1v) is 8.90. The Morgan fingerprint density at radius 2 is 2.20 bits per heavy atom. The van der Waals surface area contributed by atoms with Gasteiger partial charge in [-0.05, 0) is 31.7 Å². The van der Waals surface area contributed by atoms with E-state index in [2.05, 4.69) is 13.8 Å². The largest absolute Gasteiger partial charge is 0.493 e. The highest BCUT2D eigenvalue weighted by atomic mass is 16.5. The van der Waals surface area contributed by atoms with Crippen LogP contribution in [-0.2, 0) is 0 Å². The molecule has 1 amide bonds. The minimum atomic E-state index is -0.231. The molecule has 136 valence electrons. The second kappa shape index (κ2) is 6.71. The van der Waals surface area contributed by atoms with Crippen molar-refractivity contribution in [1.29, 1.82) is 0 Å². The number of hydrogen-bond acceptors (Lipinski definition) is 4. The SMILES string of the molecule is COc1cccc2c(C)c(C(=O)N3CCCC(CO)(C(C)C)C3)oc12. The van der Waals surface area contributed by atoms with E-state index in [0.29, 0.717) is 36.1 Å². The Hall–Kier alpha value is -2.01. The maximum Gasteiger partial charge on any atom is 0.289 e. The van der Waals surface area contributed by atoms with Crippen LogP contribution in [-0.4, -0.2) is 42.7 Å². The van der Waals surface area contributed by atoms with Crippen LogP contribution in [0.4, 0.5) is 0 Å². The number of para-hydroxylation sites is 1. The molecule has 0 spiro atoms. The molecule has 2 heterocycles. The summed E-state index contributed by atoms with van der Waals surface area (Å²) < 4.78 is 11.3. The van der Waals surface area contributed by atoms with Gasteiger partial charge in [-0.1, -0.05) is 26.0 Å². The Labute approximate surface area is 148 Å². The Balaban J connectivity index is 1.96. The summed E-state index contributed by atoms with van der Waals surface area (Å²) in [5, 5.41) is 10.8. The van der Waals surface area contributed by atoms with Crippen LogP contribution in [0.15, 0.2) is 22.6 Å². The Morgan fingerprint density at radius 3 is 2.84 bits per heavy atom. The Kier molecular flexibility index (Phi) is 4.78. The predicted octanol–water partition coefficient (Wildman–Crippen LogP) is 3.62. The van der Waals surface area contributed by atoms with Crippen molar-refractivity contribution in [3.8, 4) is 5.75 Å². The maximum absolute atomic E-state index is 13.1. The first kappa shape index (κ1) is 17.8. The van der Waals surface area contributed by atoms with E-state index in [4.69, 9.17) is 9.15 Å². The van der Waals surface area contributed by atoms with Crippen LogP contribution in [0.2, 0.25) is 0 Å². The van der Waals surface area contributed by atoms with E-state index in [1.54, 1.807) is 7.11 Å². The highest BCUT2D eigenvalue weighted by Gasteiger charge is 2.40. The molecular weight excluding hydrogens is 318 g/mol. The lowest BCUT2D eigenvalue weighted by atomic mass is 9.72. The molecule has 1 saturated heterocycles. The zero-order valence-corrected chi connectivity index (χ0v) is 15.5. The summed E-state index contributed by atoms with van der Waals surface area (Å²) in [7, 11) is 1.59. The first-order valence-electron chi connectivity index (χ1n) is 8.90. The highest BCUT2D eigenvalue weighted by Crippen LogP contribution is 2.38.